The normalized spacial score (nSPS) is 15.0. The van der Waals surface area contributed by atoms with Gasteiger partial charge in [-0.3, -0.25) is 0 Å². The Morgan fingerprint density at radius 2 is 1.81 bits per heavy atom. The van der Waals surface area contributed by atoms with Gasteiger partial charge in [-0.15, -0.1) is 0 Å². The minimum atomic E-state index is -3.61. The van der Waals surface area contributed by atoms with Gasteiger partial charge in [-0.1, -0.05) is 43.7 Å². The van der Waals surface area contributed by atoms with E-state index in [2.05, 4.69) is 4.72 Å². The van der Waals surface area contributed by atoms with E-state index in [4.69, 9.17) is 0 Å². The Kier molecular flexibility index (Phi) is 4.66. The smallest absolute Gasteiger partial charge is 0.240 e. The molecule has 2 rings (SSSR count). The number of fused-ring (bicyclic) bond motifs is 1. The summed E-state index contributed by atoms with van der Waals surface area (Å²) in [6.45, 7) is 3.60. The van der Waals surface area contributed by atoms with Crippen LogP contribution in [-0.4, -0.2) is 25.7 Å². The largest absolute Gasteiger partial charge is 0.389 e. The van der Waals surface area contributed by atoms with Crippen LogP contribution in [0.4, 0.5) is 0 Å². The number of benzene rings is 2. The number of sulfonamides is 1. The molecule has 2 N–H and O–H groups in total. The van der Waals surface area contributed by atoms with Crippen molar-refractivity contribution in [3.8, 4) is 0 Å². The Labute approximate surface area is 125 Å². The zero-order valence-corrected chi connectivity index (χ0v) is 13.2. The predicted molar refractivity (Wildman–Crippen MR) is 84.7 cm³/mol. The lowest BCUT2D eigenvalue weighted by molar-refractivity contribution is 0.0554. The molecular weight excluding hydrogens is 286 g/mol. The van der Waals surface area contributed by atoms with E-state index in [0.717, 1.165) is 17.2 Å². The van der Waals surface area contributed by atoms with Gasteiger partial charge in [-0.2, -0.15) is 0 Å². The quantitative estimate of drug-likeness (QED) is 0.862. The Hall–Kier alpha value is -1.43. The summed E-state index contributed by atoms with van der Waals surface area (Å²) >= 11 is 0. The highest BCUT2D eigenvalue weighted by Gasteiger charge is 2.23. The highest BCUT2D eigenvalue weighted by Crippen LogP contribution is 2.19. The molecule has 0 heterocycles. The first kappa shape index (κ1) is 15.9. The van der Waals surface area contributed by atoms with Crippen LogP contribution in [0.2, 0.25) is 0 Å². The maximum absolute atomic E-state index is 12.3. The molecule has 0 saturated heterocycles. The lowest BCUT2D eigenvalue weighted by atomic mass is 10.0. The van der Waals surface area contributed by atoms with E-state index in [9.17, 15) is 13.5 Å². The van der Waals surface area contributed by atoms with Gasteiger partial charge in [0.25, 0.3) is 0 Å². The van der Waals surface area contributed by atoms with Gasteiger partial charge < -0.3 is 5.11 Å². The van der Waals surface area contributed by atoms with Crippen LogP contribution in [0, 0.1) is 0 Å². The van der Waals surface area contributed by atoms with Crippen molar-refractivity contribution in [3.05, 3.63) is 42.5 Å². The molecule has 0 aromatic heterocycles. The summed E-state index contributed by atoms with van der Waals surface area (Å²) in [5.74, 6) is 0. The zero-order valence-electron chi connectivity index (χ0n) is 12.3. The summed E-state index contributed by atoms with van der Waals surface area (Å²) in [6.07, 6.45) is 1.35. The molecule has 2 aromatic rings. The number of rotatable bonds is 6. The highest BCUT2D eigenvalue weighted by molar-refractivity contribution is 7.89. The van der Waals surface area contributed by atoms with E-state index in [1.54, 1.807) is 25.1 Å². The molecule has 0 radical (unpaired) electrons. The monoisotopic (exact) mass is 307 g/mol. The van der Waals surface area contributed by atoms with Gasteiger partial charge in [-0.05, 0) is 36.2 Å². The van der Waals surface area contributed by atoms with E-state index < -0.39 is 15.6 Å². The fourth-order valence-electron chi connectivity index (χ4n) is 2.30. The molecule has 0 aliphatic carbocycles. The lowest BCUT2D eigenvalue weighted by Crippen LogP contribution is -2.40. The van der Waals surface area contributed by atoms with Gasteiger partial charge in [0.1, 0.15) is 0 Å². The lowest BCUT2D eigenvalue weighted by Gasteiger charge is -2.22. The fraction of sp³-hybridized carbons (Fsp3) is 0.375. The zero-order chi connectivity index (χ0) is 15.5. The fourth-order valence-corrected chi connectivity index (χ4v) is 3.49. The Balaban J connectivity index is 2.21. The molecule has 0 saturated carbocycles. The number of hydrogen-bond acceptors (Lipinski definition) is 3. The van der Waals surface area contributed by atoms with Crippen LogP contribution in [0.3, 0.4) is 0 Å². The van der Waals surface area contributed by atoms with E-state index in [-0.39, 0.29) is 11.4 Å². The summed E-state index contributed by atoms with van der Waals surface area (Å²) in [5, 5.41) is 11.9. The molecule has 1 atom stereocenters. The second-order valence-corrected chi connectivity index (χ2v) is 7.35. The third-order valence-electron chi connectivity index (χ3n) is 3.46. The molecule has 0 amide bonds. The van der Waals surface area contributed by atoms with E-state index in [1.807, 2.05) is 31.2 Å². The van der Waals surface area contributed by atoms with Crippen LogP contribution in [0.15, 0.2) is 47.4 Å². The van der Waals surface area contributed by atoms with Crippen LogP contribution in [-0.2, 0) is 10.0 Å². The summed E-state index contributed by atoms with van der Waals surface area (Å²) in [7, 11) is -3.61. The Morgan fingerprint density at radius 1 is 1.14 bits per heavy atom. The van der Waals surface area contributed by atoms with Crippen molar-refractivity contribution in [2.75, 3.05) is 6.54 Å². The number of aliphatic hydroxyl groups is 1. The summed E-state index contributed by atoms with van der Waals surface area (Å²) < 4.78 is 27.1. The summed E-state index contributed by atoms with van der Waals surface area (Å²) in [4.78, 5) is 0.216. The minimum absolute atomic E-state index is 0.00992. The third kappa shape index (κ3) is 4.03. The first-order chi connectivity index (χ1) is 9.84. The van der Waals surface area contributed by atoms with Crippen LogP contribution < -0.4 is 4.72 Å². The SMILES string of the molecule is CCCC(C)(O)CNS(=O)(=O)c1ccc2ccccc2c1. The van der Waals surface area contributed by atoms with Gasteiger partial charge in [0.15, 0.2) is 0 Å². The van der Waals surface area contributed by atoms with Crippen molar-refractivity contribution >= 4 is 20.8 Å². The molecule has 0 aliphatic heterocycles. The molecule has 0 bridgehead atoms. The maximum Gasteiger partial charge on any atom is 0.240 e. The van der Waals surface area contributed by atoms with Crippen LogP contribution in [0.5, 0.6) is 0 Å². The molecule has 0 fully saturated rings. The van der Waals surface area contributed by atoms with Crippen molar-refractivity contribution < 1.29 is 13.5 Å². The third-order valence-corrected chi connectivity index (χ3v) is 4.86. The highest BCUT2D eigenvalue weighted by atomic mass is 32.2. The van der Waals surface area contributed by atoms with Crippen molar-refractivity contribution in [2.24, 2.45) is 0 Å². The topological polar surface area (TPSA) is 66.4 Å². The molecule has 5 heteroatoms. The van der Waals surface area contributed by atoms with E-state index in [0.29, 0.717) is 6.42 Å². The average molecular weight is 307 g/mol. The summed E-state index contributed by atoms with van der Waals surface area (Å²) in [6, 6.07) is 12.6. The molecule has 0 aliphatic rings. The maximum atomic E-state index is 12.3. The minimum Gasteiger partial charge on any atom is -0.389 e. The second-order valence-electron chi connectivity index (χ2n) is 5.58. The predicted octanol–water partition coefficient (Wildman–Crippen LogP) is 2.67. The van der Waals surface area contributed by atoms with Gasteiger partial charge in [0.05, 0.1) is 10.5 Å². The van der Waals surface area contributed by atoms with Crippen LogP contribution in [0.25, 0.3) is 10.8 Å². The molecule has 21 heavy (non-hydrogen) atoms. The Morgan fingerprint density at radius 3 is 2.48 bits per heavy atom. The van der Waals surface area contributed by atoms with Crippen LogP contribution in [0.1, 0.15) is 26.7 Å². The molecule has 114 valence electrons. The molecule has 4 nitrogen and oxygen atoms in total. The first-order valence-corrected chi connectivity index (χ1v) is 8.53. The summed E-state index contributed by atoms with van der Waals surface area (Å²) in [5.41, 5.74) is -1.03. The van der Waals surface area contributed by atoms with Crippen molar-refractivity contribution in [1.82, 2.24) is 4.72 Å². The number of hydrogen-bond donors (Lipinski definition) is 2. The van der Waals surface area contributed by atoms with E-state index >= 15 is 0 Å². The van der Waals surface area contributed by atoms with Crippen LogP contribution >= 0.6 is 0 Å². The van der Waals surface area contributed by atoms with Gasteiger partial charge in [0.2, 0.25) is 10.0 Å². The van der Waals surface area contributed by atoms with Gasteiger partial charge in [-0.25, -0.2) is 13.1 Å². The first-order valence-electron chi connectivity index (χ1n) is 7.05. The molecular formula is C16H21NO3S. The van der Waals surface area contributed by atoms with Gasteiger partial charge in [0, 0.05) is 6.54 Å². The molecule has 2 aromatic carbocycles. The molecule has 1 unspecified atom stereocenters. The molecule has 0 spiro atoms. The van der Waals surface area contributed by atoms with E-state index in [1.165, 1.54) is 0 Å². The average Bonchev–Trinajstić information content (AvgIpc) is 2.45. The second kappa shape index (κ2) is 6.13. The van der Waals surface area contributed by atoms with Crippen molar-refractivity contribution in [2.45, 2.75) is 37.2 Å². The van der Waals surface area contributed by atoms with Crippen molar-refractivity contribution in [1.29, 1.82) is 0 Å². The van der Waals surface area contributed by atoms with Crippen molar-refractivity contribution in [3.63, 3.8) is 0 Å². The van der Waals surface area contributed by atoms with Gasteiger partial charge >= 0.3 is 0 Å². The standard InChI is InChI=1S/C16H21NO3S/c1-3-10-16(2,18)12-17-21(19,20)15-9-8-13-6-4-5-7-14(13)11-15/h4-9,11,17-18H,3,10,12H2,1-2H3. The Bertz CT molecular complexity index is 723. The number of nitrogens with one attached hydrogen (secondary N) is 1.